The topological polar surface area (TPSA) is 64.3 Å². The average molecular weight is 319 g/mol. The lowest BCUT2D eigenvalue weighted by atomic mass is 10.1. The number of anilines is 2. The van der Waals surface area contributed by atoms with Gasteiger partial charge in [0.25, 0.3) is 0 Å². The Morgan fingerprint density at radius 2 is 2.00 bits per heavy atom. The fourth-order valence-electron chi connectivity index (χ4n) is 2.79. The lowest BCUT2D eigenvalue weighted by Crippen LogP contribution is -2.45. The highest BCUT2D eigenvalue weighted by molar-refractivity contribution is 6.33. The molecule has 5 nitrogen and oxygen atoms in total. The number of aromatic nitrogens is 2. The number of halogens is 1. The van der Waals surface area contributed by atoms with Crippen molar-refractivity contribution >= 4 is 23.0 Å². The first-order chi connectivity index (χ1) is 10.5. The molecule has 2 atom stereocenters. The molecule has 0 spiro atoms. The van der Waals surface area contributed by atoms with E-state index in [1.54, 1.807) is 18.5 Å². The van der Waals surface area contributed by atoms with Crippen molar-refractivity contribution in [2.45, 2.75) is 26.1 Å². The largest absolute Gasteiger partial charge is 0.398 e. The third-order valence-electron chi connectivity index (χ3n) is 3.72. The maximum atomic E-state index is 6.42. The first-order valence-corrected chi connectivity index (χ1v) is 7.68. The highest BCUT2D eigenvalue weighted by Crippen LogP contribution is 2.32. The maximum Gasteiger partial charge on any atom is 0.0926 e. The molecule has 3 rings (SSSR count). The zero-order chi connectivity index (χ0) is 15.7. The maximum absolute atomic E-state index is 6.42. The fourth-order valence-corrected chi connectivity index (χ4v) is 3.05. The van der Waals surface area contributed by atoms with Gasteiger partial charge in [0.15, 0.2) is 0 Å². The van der Waals surface area contributed by atoms with Gasteiger partial charge < -0.3 is 15.4 Å². The van der Waals surface area contributed by atoms with E-state index in [1.165, 1.54) is 0 Å². The molecule has 1 fully saturated rings. The summed E-state index contributed by atoms with van der Waals surface area (Å²) in [5, 5.41) is 0.573. The van der Waals surface area contributed by atoms with Gasteiger partial charge in [-0.25, -0.2) is 0 Å². The van der Waals surface area contributed by atoms with Crippen LogP contribution < -0.4 is 10.6 Å². The van der Waals surface area contributed by atoms with Gasteiger partial charge in [0.1, 0.15) is 0 Å². The molecule has 0 bridgehead atoms. The van der Waals surface area contributed by atoms with Crippen LogP contribution in [0.5, 0.6) is 0 Å². The molecular formula is C16H19ClN4O. The molecule has 1 aliphatic rings. The van der Waals surface area contributed by atoms with Crippen molar-refractivity contribution in [2.75, 3.05) is 23.7 Å². The van der Waals surface area contributed by atoms with Crippen LogP contribution in [0.15, 0.2) is 30.7 Å². The predicted molar refractivity (Wildman–Crippen MR) is 89.1 cm³/mol. The minimum Gasteiger partial charge on any atom is -0.398 e. The molecule has 0 radical (unpaired) electrons. The smallest absolute Gasteiger partial charge is 0.0926 e. The van der Waals surface area contributed by atoms with Crippen LogP contribution in [0.1, 0.15) is 13.8 Å². The van der Waals surface area contributed by atoms with Crippen molar-refractivity contribution in [2.24, 2.45) is 0 Å². The van der Waals surface area contributed by atoms with Gasteiger partial charge in [-0.1, -0.05) is 11.6 Å². The van der Waals surface area contributed by atoms with Gasteiger partial charge in [0.2, 0.25) is 0 Å². The molecule has 2 N–H and O–H groups in total. The van der Waals surface area contributed by atoms with Gasteiger partial charge in [-0.15, -0.1) is 0 Å². The molecule has 0 aromatic carbocycles. The van der Waals surface area contributed by atoms with Gasteiger partial charge in [-0.05, 0) is 26.0 Å². The zero-order valence-electron chi connectivity index (χ0n) is 12.7. The van der Waals surface area contributed by atoms with E-state index >= 15 is 0 Å². The fraction of sp³-hybridized carbons (Fsp3) is 0.375. The molecule has 1 saturated heterocycles. The highest BCUT2D eigenvalue weighted by Gasteiger charge is 2.23. The Morgan fingerprint density at radius 3 is 2.64 bits per heavy atom. The van der Waals surface area contributed by atoms with Crippen molar-refractivity contribution in [3.8, 4) is 11.3 Å². The van der Waals surface area contributed by atoms with Gasteiger partial charge in [0.05, 0.1) is 34.8 Å². The minimum atomic E-state index is 0.191. The quantitative estimate of drug-likeness (QED) is 0.922. The van der Waals surface area contributed by atoms with Crippen molar-refractivity contribution in [1.29, 1.82) is 0 Å². The van der Waals surface area contributed by atoms with Crippen LogP contribution in [0.2, 0.25) is 5.02 Å². The number of nitrogens with zero attached hydrogens (tertiary/aromatic N) is 3. The molecule has 0 unspecified atom stereocenters. The van der Waals surface area contributed by atoms with E-state index in [0.717, 1.165) is 24.3 Å². The van der Waals surface area contributed by atoms with Crippen LogP contribution in [0.25, 0.3) is 11.3 Å². The second kappa shape index (κ2) is 6.10. The van der Waals surface area contributed by atoms with Crippen LogP contribution >= 0.6 is 11.6 Å². The number of ether oxygens (including phenoxy) is 1. The molecule has 22 heavy (non-hydrogen) atoms. The number of hydrogen-bond donors (Lipinski definition) is 1. The Labute approximate surface area is 135 Å². The summed E-state index contributed by atoms with van der Waals surface area (Å²) in [6.45, 7) is 5.80. The van der Waals surface area contributed by atoms with E-state index in [-0.39, 0.29) is 12.2 Å². The summed E-state index contributed by atoms with van der Waals surface area (Å²) in [5.41, 5.74) is 9.00. The van der Waals surface area contributed by atoms with Gasteiger partial charge in [-0.2, -0.15) is 0 Å². The Morgan fingerprint density at radius 1 is 1.27 bits per heavy atom. The van der Waals surface area contributed by atoms with E-state index in [0.29, 0.717) is 16.4 Å². The second-order valence-electron chi connectivity index (χ2n) is 5.65. The highest BCUT2D eigenvalue weighted by atomic mass is 35.5. The summed E-state index contributed by atoms with van der Waals surface area (Å²) in [6, 6.07) is 3.67. The standard InChI is InChI=1S/C16H19ClN4O/c1-10-8-21(9-11(2)22-10)12-5-14(17)16(20-6-12)13-7-19-4-3-15(13)18/h3-7,10-11H,8-9H2,1-2H3,(H2,18,19)/t10-,11+. The van der Waals surface area contributed by atoms with Gasteiger partial charge >= 0.3 is 0 Å². The summed E-state index contributed by atoms with van der Waals surface area (Å²) in [5.74, 6) is 0. The Hall–Kier alpha value is -1.85. The lowest BCUT2D eigenvalue weighted by molar-refractivity contribution is -0.00523. The lowest BCUT2D eigenvalue weighted by Gasteiger charge is -2.36. The number of pyridine rings is 2. The summed E-state index contributed by atoms with van der Waals surface area (Å²) < 4.78 is 5.76. The minimum absolute atomic E-state index is 0.191. The number of rotatable bonds is 2. The summed E-state index contributed by atoms with van der Waals surface area (Å²) in [6.07, 6.45) is 5.55. The molecule has 1 aliphatic heterocycles. The van der Waals surface area contributed by atoms with Crippen LogP contribution in [0, 0.1) is 0 Å². The monoisotopic (exact) mass is 318 g/mol. The number of nitrogens with two attached hydrogens (primary N) is 1. The average Bonchev–Trinajstić information content (AvgIpc) is 2.47. The van der Waals surface area contributed by atoms with Crippen molar-refractivity contribution in [3.05, 3.63) is 35.7 Å². The first kappa shape index (κ1) is 15.1. The van der Waals surface area contributed by atoms with Crippen LogP contribution in [-0.4, -0.2) is 35.3 Å². The molecule has 6 heteroatoms. The van der Waals surface area contributed by atoms with Crippen molar-refractivity contribution in [3.63, 3.8) is 0 Å². The molecule has 2 aromatic heterocycles. The SMILES string of the molecule is C[C@@H]1CN(c2cnc(-c3cnccc3N)c(Cl)c2)C[C@H](C)O1. The first-order valence-electron chi connectivity index (χ1n) is 7.30. The second-order valence-corrected chi connectivity index (χ2v) is 6.06. The summed E-state index contributed by atoms with van der Waals surface area (Å²) >= 11 is 6.42. The number of nitrogen functional groups attached to an aromatic ring is 1. The Bertz CT molecular complexity index is 669. The van der Waals surface area contributed by atoms with Crippen LogP contribution in [0.3, 0.4) is 0 Å². The normalized spacial score (nSPS) is 21.9. The van der Waals surface area contributed by atoms with Crippen molar-refractivity contribution < 1.29 is 4.74 Å². The number of hydrogen-bond acceptors (Lipinski definition) is 5. The summed E-state index contributed by atoms with van der Waals surface area (Å²) in [7, 11) is 0. The van der Waals surface area contributed by atoms with E-state index in [1.807, 2.05) is 12.3 Å². The Balaban J connectivity index is 1.91. The Kier molecular flexibility index (Phi) is 4.18. The third-order valence-corrected chi connectivity index (χ3v) is 4.01. The van der Waals surface area contributed by atoms with Crippen molar-refractivity contribution in [1.82, 2.24) is 9.97 Å². The van der Waals surface area contributed by atoms with Gasteiger partial charge in [-0.3, -0.25) is 9.97 Å². The molecule has 3 heterocycles. The summed E-state index contributed by atoms with van der Waals surface area (Å²) in [4.78, 5) is 10.8. The molecule has 2 aromatic rings. The molecule has 0 saturated carbocycles. The predicted octanol–water partition coefficient (Wildman–Crippen LogP) is 2.99. The number of morpholine rings is 1. The van der Waals surface area contributed by atoms with E-state index in [4.69, 9.17) is 22.1 Å². The van der Waals surface area contributed by atoms with Crippen LogP contribution in [0.4, 0.5) is 11.4 Å². The molecule has 0 amide bonds. The molecular weight excluding hydrogens is 300 g/mol. The van der Waals surface area contributed by atoms with Gasteiger partial charge in [0, 0.05) is 36.7 Å². The molecule has 116 valence electrons. The third kappa shape index (κ3) is 3.00. The zero-order valence-corrected chi connectivity index (χ0v) is 13.4. The van der Waals surface area contributed by atoms with E-state index in [2.05, 4.69) is 28.7 Å². The van der Waals surface area contributed by atoms with E-state index < -0.39 is 0 Å². The van der Waals surface area contributed by atoms with Crippen LogP contribution in [-0.2, 0) is 4.74 Å². The molecule has 0 aliphatic carbocycles. The van der Waals surface area contributed by atoms with E-state index in [9.17, 15) is 0 Å².